The normalized spacial score (nSPS) is 32.5. The van der Waals surface area contributed by atoms with Crippen LogP contribution in [0, 0.1) is 0 Å². The third-order valence-corrected chi connectivity index (χ3v) is 9.24. The molecule has 1 heterocycles. The van der Waals surface area contributed by atoms with Crippen molar-refractivity contribution in [2.75, 3.05) is 13.3 Å². The molecule has 7 heteroatoms. The van der Waals surface area contributed by atoms with Crippen LogP contribution in [0.15, 0.2) is 0 Å². The molecule has 0 aromatic rings. The van der Waals surface area contributed by atoms with E-state index in [0.717, 1.165) is 0 Å². The third kappa shape index (κ3) is 4.09. The molecular formula is C13H28O5PSi+. The van der Waals surface area contributed by atoms with Gasteiger partial charge in [0.1, 0.15) is 12.2 Å². The lowest BCUT2D eigenvalue weighted by atomic mass is 10.1. The van der Waals surface area contributed by atoms with Crippen molar-refractivity contribution in [1.82, 2.24) is 0 Å². The van der Waals surface area contributed by atoms with Crippen LogP contribution in [-0.2, 0) is 18.3 Å². The maximum atomic E-state index is 11.4. The minimum absolute atomic E-state index is 0.0724. The second kappa shape index (κ2) is 6.51. The molecule has 0 amide bonds. The van der Waals surface area contributed by atoms with Crippen molar-refractivity contribution in [3.63, 3.8) is 0 Å². The molecule has 0 bridgehead atoms. The Hall–Kier alpha value is 0.157. The molecule has 1 aliphatic rings. The maximum absolute atomic E-state index is 11.4. The number of aliphatic hydroxyl groups excluding tert-OH is 1. The van der Waals surface area contributed by atoms with Crippen molar-refractivity contribution in [2.24, 2.45) is 0 Å². The van der Waals surface area contributed by atoms with Crippen LogP contribution in [0.5, 0.6) is 0 Å². The Morgan fingerprint density at radius 3 is 2.25 bits per heavy atom. The monoisotopic (exact) mass is 323 g/mol. The lowest BCUT2D eigenvalue weighted by Gasteiger charge is -2.39. The molecule has 0 aliphatic carbocycles. The van der Waals surface area contributed by atoms with Crippen molar-refractivity contribution in [3.8, 4) is 0 Å². The van der Waals surface area contributed by atoms with E-state index < -0.39 is 28.6 Å². The molecule has 0 radical (unpaired) electrons. The van der Waals surface area contributed by atoms with Gasteiger partial charge in [-0.25, -0.2) is 0 Å². The van der Waals surface area contributed by atoms with E-state index in [-0.39, 0.29) is 23.9 Å². The van der Waals surface area contributed by atoms with Crippen LogP contribution in [-0.4, -0.2) is 51.1 Å². The van der Waals surface area contributed by atoms with Gasteiger partial charge in [0.15, 0.2) is 21.1 Å². The zero-order valence-corrected chi connectivity index (χ0v) is 15.4. The van der Waals surface area contributed by atoms with E-state index in [4.69, 9.17) is 13.7 Å². The zero-order chi connectivity index (χ0) is 15.7. The van der Waals surface area contributed by atoms with E-state index in [1.54, 1.807) is 0 Å². The standard InChI is InChI=1S/C13H28O5PSi/c1-9-11(18-20(6,7)13(2,3)4)12(17-19(5)15)10(8-14)16-9/h9-12,14H,8H2,1-7H3/q+1/t9-,10+,11+,12?/m0/s1. The molecule has 0 aromatic carbocycles. The molecule has 1 fully saturated rings. The smallest absolute Gasteiger partial charge is 0.408 e. The van der Waals surface area contributed by atoms with Crippen LogP contribution in [0.4, 0.5) is 0 Å². The van der Waals surface area contributed by atoms with Crippen LogP contribution in [0.3, 0.4) is 0 Å². The second-order valence-corrected chi connectivity index (χ2v) is 12.8. The summed E-state index contributed by atoms with van der Waals surface area (Å²) in [5.74, 6) is 0. The number of aliphatic hydroxyl groups is 1. The molecule has 1 aliphatic heterocycles. The van der Waals surface area contributed by atoms with Gasteiger partial charge >= 0.3 is 8.03 Å². The highest BCUT2D eigenvalue weighted by molar-refractivity contribution is 7.38. The van der Waals surface area contributed by atoms with Gasteiger partial charge in [0.05, 0.1) is 12.7 Å². The molecule has 1 saturated heterocycles. The van der Waals surface area contributed by atoms with E-state index in [2.05, 4.69) is 33.9 Å². The Labute approximate surface area is 124 Å². The van der Waals surface area contributed by atoms with Crippen molar-refractivity contribution in [1.29, 1.82) is 0 Å². The third-order valence-electron chi connectivity index (χ3n) is 4.23. The van der Waals surface area contributed by atoms with E-state index in [1.807, 2.05) is 6.92 Å². The molecule has 118 valence electrons. The van der Waals surface area contributed by atoms with Crippen LogP contribution in [0.2, 0.25) is 18.1 Å². The summed E-state index contributed by atoms with van der Waals surface area (Å²) in [4.78, 5) is 0. The average molecular weight is 323 g/mol. The van der Waals surface area contributed by atoms with Crippen LogP contribution in [0.25, 0.3) is 0 Å². The Kier molecular flexibility index (Phi) is 5.92. The predicted octanol–water partition coefficient (Wildman–Crippen LogP) is 2.91. The molecular weight excluding hydrogens is 295 g/mol. The van der Waals surface area contributed by atoms with Gasteiger partial charge in [-0.2, -0.15) is 0 Å². The molecule has 20 heavy (non-hydrogen) atoms. The summed E-state index contributed by atoms with van der Waals surface area (Å²) in [6.07, 6.45) is -1.41. The fourth-order valence-corrected chi connectivity index (χ4v) is 3.99. The maximum Gasteiger partial charge on any atom is 0.505 e. The SMILES string of the molecule is C[C@@H]1O[C@H](CO)C(O[P+](C)=O)[C@@H]1O[Si](C)(C)C(C)(C)C. The van der Waals surface area contributed by atoms with Crippen LogP contribution >= 0.6 is 8.03 Å². The van der Waals surface area contributed by atoms with Crippen molar-refractivity contribution in [3.05, 3.63) is 0 Å². The minimum atomic E-state index is -1.98. The van der Waals surface area contributed by atoms with Crippen molar-refractivity contribution >= 4 is 16.3 Å². The molecule has 5 nitrogen and oxygen atoms in total. The number of rotatable bonds is 5. The van der Waals surface area contributed by atoms with E-state index in [1.165, 1.54) is 6.66 Å². The number of hydrogen-bond acceptors (Lipinski definition) is 5. The number of hydrogen-bond donors (Lipinski definition) is 1. The van der Waals surface area contributed by atoms with Gasteiger partial charge in [0.25, 0.3) is 0 Å². The Morgan fingerprint density at radius 1 is 1.30 bits per heavy atom. The summed E-state index contributed by atoms with van der Waals surface area (Å²) < 4.78 is 29.0. The first kappa shape index (κ1) is 18.2. The van der Waals surface area contributed by atoms with E-state index >= 15 is 0 Å². The first-order chi connectivity index (χ1) is 8.99. The molecule has 5 atom stereocenters. The first-order valence-corrected chi connectivity index (χ1v) is 11.5. The van der Waals surface area contributed by atoms with Crippen molar-refractivity contribution in [2.45, 2.75) is 70.2 Å². The summed E-state index contributed by atoms with van der Waals surface area (Å²) in [6.45, 7) is 14.1. The summed E-state index contributed by atoms with van der Waals surface area (Å²) in [7, 11) is -3.75. The quantitative estimate of drug-likeness (QED) is 0.622. The Balaban J connectivity index is 2.92. The van der Waals surface area contributed by atoms with Gasteiger partial charge < -0.3 is 14.3 Å². The fraction of sp³-hybridized carbons (Fsp3) is 1.00. The van der Waals surface area contributed by atoms with Gasteiger partial charge in [0, 0.05) is 0 Å². The lowest BCUT2D eigenvalue weighted by Crippen LogP contribution is -2.49. The molecule has 2 unspecified atom stereocenters. The Morgan fingerprint density at radius 2 is 1.85 bits per heavy atom. The van der Waals surface area contributed by atoms with Crippen LogP contribution in [0.1, 0.15) is 27.7 Å². The molecule has 1 rings (SSSR count). The van der Waals surface area contributed by atoms with Gasteiger partial charge in [-0.15, -0.1) is 4.52 Å². The van der Waals surface area contributed by atoms with Gasteiger partial charge in [-0.1, -0.05) is 20.8 Å². The molecule has 1 N–H and O–H groups in total. The molecule has 0 saturated carbocycles. The molecule has 0 spiro atoms. The highest BCUT2D eigenvalue weighted by Crippen LogP contribution is 2.41. The lowest BCUT2D eigenvalue weighted by molar-refractivity contribution is -0.00968. The minimum Gasteiger partial charge on any atom is -0.408 e. The summed E-state index contributed by atoms with van der Waals surface area (Å²) >= 11 is 0. The summed E-state index contributed by atoms with van der Waals surface area (Å²) in [5, 5.41) is 9.47. The van der Waals surface area contributed by atoms with Crippen LogP contribution < -0.4 is 0 Å². The zero-order valence-electron chi connectivity index (χ0n) is 13.5. The Bertz CT molecular complexity index is 355. The van der Waals surface area contributed by atoms with Gasteiger partial charge in [-0.05, 0) is 29.6 Å². The highest BCUT2D eigenvalue weighted by Gasteiger charge is 2.51. The predicted molar refractivity (Wildman–Crippen MR) is 81.9 cm³/mol. The van der Waals surface area contributed by atoms with Crippen molar-refractivity contribution < 1.29 is 23.4 Å². The first-order valence-electron chi connectivity index (χ1n) is 7.01. The number of ether oxygens (including phenoxy) is 1. The largest absolute Gasteiger partial charge is 0.505 e. The summed E-state index contributed by atoms with van der Waals surface area (Å²) in [5.41, 5.74) is 0. The van der Waals surface area contributed by atoms with Gasteiger partial charge in [0.2, 0.25) is 0 Å². The topological polar surface area (TPSA) is 65.0 Å². The van der Waals surface area contributed by atoms with E-state index in [9.17, 15) is 9.67 Å². The molecule has 0 aromatic heterocycles. The summed E-state index contributed by atoms with van der Waals surface area (Å²) in [6, 6.07) is 0. The average Bonchev–Trinajstić information content (AvgIpc) is 2.54. The van der Waals surface area contributed by atoms with E-state index in [0.29, 0.717) is 0 Å². The fourth-order valence-electron chi connectivity index (χ4n) is 2.04. The van der Waals surface area contributed by atoms with Gasteiger partial charge in [-0.3, -0.25) is 0 Å². The second-order valence-electron chi connectivity index (χ2n) is 6.91. The highest BCUT2D eigenvalue weighted by atomic mass is 31.1.